The molecule has 3 aromatic heterocycles. The molecule has 0 aliphatic carbocycles. The Hall–Kier alpha value is -2.79. The molecular formula is C23H24N4O. The first-order valence-corrected chi connectivity index (χ1v) is 9.96. The SMILES string of the molecule is Cc1cccc(CN2C[C@@H]3C[C@H](C2)c2cc(-c4cccnc4)cc(=O)n2C3)n1. The Balaban J connectivity index is 1.45. The highest BCUT2D eigenvalue weighted by Crippen LogP contribution is 2.36. The molecule has 2 atom stereocenters. The molecule has 5 rings (SSSR count). The van der Waals surface area contributed by atoms with E-state index in [1.54, 1.807) is 12.3 Å². The number of rotatable bonds is 3. The molecule has 5 heterocycles. The van der Waals surface area contributed by atoms with Crippen LogP contribution in [-0.4, -0.2) is 32.5 Å². The molecule has 0 radical (unpaired) electrons. The maximum atomic E-state index is 12.8. The Morgan fingerprint density at radius 1 is 1.07 bits per heavy atom. The van der Waals surface area contributed by atoms with E-state index in [4.69, 9.17) is 0 Å². The highest BCUT2D eigenvalue weighted by atomic mass is 16.1. The van der Waals surface area contributed by atoms with E-state index in [1.807, 2.05) is 35.9 Å². The van der Waals surface area contributed by atoms with Gasteiger partial charge in [-0.1, -0.05) is 12.1 Å². The number of hydrogen-bond acceptors (Lipinski definition) is 4. The highest BCUT2D eigenvalue weighted by molar-refractivity contribution is 5.62. The molecule has 1 fully saturated rings. The fourth-order valence-electron chi connectivity index (χ4n) is 4.80. The Morgan fingerprint density at radius 2 is 2.00 bits per heavy atom. The lowest BCUT2D eigenvalue weighted by Crippen LogP contribution is -2.46. The zero-order valence-electron chi connectivity index (χ0n) is 16.1. The topological polar surface area (TPSA) is 51.0 Å². The maximum Gasteiger partial charge on any atom is 0.251 e. The Bertz CT molecular complexity index is 1060. The molecule has 5 heteroatoms. The fourth-order valence-corrected chi connectivity index (χ4v) is 4.80. The number of piperidine rings is 1. The molecule has 2 aliphatic heterocycles. The number of aryl methyl sites for hydroxylation is 1. The van der Waals surface area contributed by atoms with Crippen molar-refractivity contribution in [2.45, 2.75) is 32.4 Å². The second-order valence-electron chi connectivity index (χ2n) is 8.12. The first-order valence-electron chi connectivity index (χ1n) is 9.96. The van der Waals surface area contributed by atoms with E-state index >= 15 is 0 Å². The highest BCUT2D eigenvalue weighted by Gasteiger charge is 2.35. The summed E-state index contributed by atoms with van der Waals surface area (Å²) in [5.74, 6) is 0.916. The number of nitrogens with zero attached hydrogens (tertiary/aromatic N) is 4. The largest absolute Gasteiger partial charge is 0.312 e. The molecule has 0 aromatic carbocycles. The van der Waals surface area contributed by atoms with Gasteiger partial charge in [-0.15, -0.1) is 0 Å². The molecular weight excluding hydrogens is 348 g/mol. The lowest BCUT2D eigenvalue weighted by Gasteiger charge is -2.42. The monoisotopic (exact) mass is 372 g/mol. The quantitative estimate of drug-likeness (QED) is 0.708. The third-order valence-corrected chi connectivity index (χ3v) is 5.96. The van der Waals surface area contributed by atoms with Crippen molar-refractivity contribution in [2.75, 3.05) is 13.1 Å². The zero-order valence-corrected chi connectivity index (χ0v) is 16.1. The van der Waals surface area contributed by atoms with Crippen LogP contribution >= 0.6 is 0 Å². The molecule has 142 valence electrons. The summed E-state index contributed by atoms with van der Waals surface area (Å²) in [5.41, 5.74) is 5.44. The lowest BCUT2D eigenvalue weighted by atomic mass is 9.82. The van der Waals surface area contributed by atoms with Gasteiger partial charge in [0.2, 0.25) is 0 Å². The third-order valence-electron chi connectivity index (χ3n) is 5.96. The molecule has 28 heavy (non-hydrogen) atoms. The van der Waals surface area contributed by atoms with Crippen LogP contribution in [0.2, 0.25) is 0 Å². The van der Waals surface area contributed by atoms with Crippen molar-refractivity contribution in [2.24, 2.45) is 5.92 Å². The van der Waals surface area contributed by atoms with Crippen molar-refractivity contribution >= 4 is 0 Å². The van der Waals surface area contributed by atoms with Crippen LogP contribution in [0.1, 0.15) is 29.4 Å². The van der Waals surface area contributed by atoms with E-state index in [1.165, 1.54) is 5.69 Å². The Labute approximate surface area is 164 Å². The molecule has 1 saturated heterocycles. The van der Waals surface area contributed by atoms with Crippen LogP contribution in [0.25, 0.3) is 11.1 Å². The summed E-state index contributed by atoms with van der Waals surface area (Å²) in [5, 5.41) is 0. The van der Waals surface area contributed by atoms with E-state index in [-0.39, 0.29) is 5.56 Å². The predicted octanol–water partition coefficient (Wildman–Crippen LogP) is 3.23. The second-order valence-corrected chi connectivity index (χ2v) is 8.12. The number of pyridine rings is 3. The average Bonchev–Trinajstić information content (AvgIpc) is 2.69. The summed E-state index contributed by atoms with van der Waals surface area (Å²) in [6.07, 6.45) is 4.75. The molecule has 5 nitrogen and oxygen atoms in total. The minimum absolute atomic E-state index is 0.111. The normalized spacial score (nSPS) is 21.3. The van der Waals surface area contributed by atoms with E-state index in [2.05, 4.69) is 33.1 Å². The second kappa shape index (κ2) is 6.99. The smallest absolute Gasteiger partial charge is 0.251 e. The van der Waals surface area contributed by atoms with Crippen molar-refractivity contribution in [3.05, 3.63) is 82.3 Å². The maximum absolute atomic E-state index is 12.8. The number of fused-ring (bicyclic) bond motifs is 4. The summed E-state index contributed by atoms with van der Waals surface area (Å²) in [6.45, 7) is 5.73. The van der Waals surface area contributed by atoms with Crippen LogP contribution in [0.4, 0.5) is 0 Å². The van der Waals surface area contributed by atoms with Crippen molar-refractivity contribution in [3.8, 4) is 11.1 Å². The first kappa shape index (κ1) is 17.3. The van der Waals surface area contributed by atoms with E-state index in [9.17, 15) is 4.79 Å². The van der Waals surface area contributed by atoms with Crippen molar-refractivity contribution in [1.29, 1.82) is 0 Å². The third kappa shape index (κ3) is 3.27. The molecule has 0 spiro atoms. The summed E-state index contributed by atoms with van der Waals surface area (Å²) in [4.78, 5) is 24.2. The van der Waals surface area contributed by atoms with Crippen LogP contribution < -0.4 is 5.56 Å². The zero-order chi connectivity index (χ0) is 19.1. The molecule has 0 amide bonds. The van der Waals surface area contributed by atoms with Crippen LogP contribution in [0, 0.1) is 12.8 Å². The summed E-state index contributed by atoms with van der Waals surface area (Å²) in [7, 11) is 0. The van der Waals surface area contributed by atoms with Gasteiger partial charge in [0.25, 0.3) is 5.56 Å². The van der Waals surface area contributed by atoms with Crippen LogP contribution in [-0.2, 0) is 13.1 Å². The predicted molar refractivity (Wildman–Crippen MR) is 109 cm³/mol. The van der Waals surface area contributed by atoms with Gasteiger partial charge in [0.15, 0.2) is 0 Å². The molecule has 0 saturated carbocycles. The molecule has 2 aliphatic rings. The Morgan fingerprint density at radius 3 is 2.82 bits per heavy atom. The minimum atomic E-state index is 0.111. The summed E-state index contributed by atoms with van der Waals surface area (Å²) in [6, 6.07) is 14.1. The Kier molecular flexibility index (Phi) is 4.32. The van der Waals surface area contributed by atoms with Crippen LogP contribution in [0.3, 0.4) is 0 Å². The fraction of sp³-hybridized carbons (Fsp3) is 0.348. The summed E-state index contributed by atoms with van der Waals surface area (Å²) >= 11 is 0. The molecule has 0 unspecified atom stereocenters. The van der Waals surface area contributed by atoms with E-state index < -0.39 is 0 Å². The van der Waals surface area contributed by atoms with Crippen LogP contribution in [0.15, 0.2) is 59.7 Å². The van der Waals surface area contributed by atoms with Gasteiger partial charge in [-0.2, -0.15) is 0 Å². The lowest BCUT2D eigenvalue weighted by molar-refractivity contribution is 0.113. The average molecular weight is 372 g/mol. The van der Waals surface area contributed by atoms with Gasteiger partial charge in [-0.25, -0.2) is 0 Å². The van der Waals surface area contributed by atoms with Crippen molar-refractivity contribution in [1.82, 2.24) is 19.4 Å². The van der Waals surface area contributed by atoms with Gasteiger partial charge in [-0.3, -0.25) is 19.7 Å². The standard InChI is InChI=1S/C23H24N4O/c1-16-4-2-6-21(25-16)15-26-12-17-8-20(14-26)22-9-19(10-23(28)27(22)13-17)18-5-3-7-24-11-18/h2-7,9-11,17,20H,8,12-15H2,1H3/t17-,20+/m0/s1. The molecule has 0 N–H and O–H groups in total. The van der Waals surface area contributed by atoms with Crippen LogP contribution in [0.5, 0.6) is 0 Å². The molecule has 2 bridgehead atoms. The van der Waals surface area contributed by atoms with Gasteiger partial charge in [-0.05, 0) is 49.1 Å². The van der Waals surface area contributed by atoms with Gasteiger partial charge in [0.1, 0.15) is 0 Å². The number of likely N-dealkylation sites (tertiary alicyclic amines) is 1. The van der Waals surface area contributed by atoms with E-state index in [0.717, 1.165) is 55.1 Å². The first-order chi connectivity index (χ1) is 13.7. The minimum Gasteiger partial charge on any atom is -0.312 e. The van der Waals surface area contributed by atoms with Gasteiger partial charge < -0.3 is 4.57 Å². The van der Waals surface area contributed by atoms with Crippen molar-refractivity contribution in [3.63, 3.8) is 0 Å². The number of hydrogen-bond donors (Lipinski definition) is 0. The van der Waals surface area contributed by atoms with Crippen molar-refractivity contribution < 1.29 is 0 Å². The van der Waals surface area contributed by atoms with Gasteiger partial charge in [0, 0.05) is 67.5 Å². The van der Waals surface area contributed by atoms with Gasteiger partial charge in [0.05, 0.1) is 5.69 Å². The number of aromatic nitrogens is 3. The van der Waals surface area contributed by atoms with Gasteiger partial charge >= 0.3 is 0 Å². The van der Waals surface area contributed by atoms with E-state index in [0.29, 0.717) is 11.8 Å². The molecule has 3 aromatic rings. The summed E-state index contributed by atoms with van der Waals surface area (Å²) < 4.78 is 2.00.